The van der Waals surface area contributed by atoms with E-state index in [-0.39, 0.29) is 0 Å². The van der Waals surface area contributed by atoms with Gasteiger partial charge in [0.05, 0.1) is 11.9 Å². The Balaban J connectivity index is 2.11. The quantitative estimate of drug-likeness (QED) is 0.904. The van der Waals surface area contributed by atoms with Crippen molar-refractivity contribution in [1.82, 2.24) is 9.29 Å². The zero-order chi connectivity index (χ0) is 15.5. The average Bonchev–Trinajstić information content (AvgIpc) is 2.47. The normalized spacial score (nSPS) is 19.8. The SMILES string of the molecule is CCC1CCCCN1c1ccc(NS(=O)(=O)N(C)C)cn1. The Labute approximate surface area is 127 Å². The van der Waals surface area contributed by atoms with Crippen molar-refractivity contribution in [3.05, 3.63) is 18.3 Å². The van der Waals surface area contributed by atoms with E-state index in [1.807, 2.05) is 6.07 Å². The predicted molar refractivity (Wildman–Crippen MR) is 85.7 cm³/mol. The number of nitrogens with one attached hydrogen (secondary N) is 1. The van der Waals surface area contributed by atoms with Gasteiger partial charge in [-0.2, -0.15) is 12.7 Å². The fourth-order valence-corrected chi connectivity index (χ4v) is 3.18. The third-order valence-electron chi connectivity index (χ3n) is 3.87. The van der Waals surface area contributed by atoms with Gasteiger partial charge in [-0.25, -0.2) is 4.98 Å². The summed E-state index contributed by atoms with van der Waals surface area (Å²) in [7, 11) is -0.495. The van der Waals surface area contributed by atoms with Crippen molar-refractivity contribution < 1.29 is 8.42 Å². The van der Waals surface area contributed by atoms with Crippen molar-refractivity contribution in [3.63, 3.8) is 0 Å². The van der Waals surface area contributed by atoms with Crippen LogP contribution in [0.4, 0.5) is 11.5 Å². The maximum Gasteiger partial charge on any atom is 0.301 e. The molecule has 1 aliphatic heterocycles. The first-order valence-electron chi connectivity index (χ1n) is 7.37. The number of nitrogens with zero attached hydrogens (tertiary/aromatic N) is 3. The van der Waals surface area contributed by atoms with Crippen LogP contribution in [0.2, 0.25) is 0 Å². The fourth-order valence-electron chi connectivity index (χ4n) is 2.58. The van der Waals surface area contributed by atoms with Crippen LogP contribution in [-0.2, 0) is 10.2 Å². The number of aromatic nitrogens is 1. The van der Waals surface area contributed by atoms with E-state index in [0.29, 0.717) is 11.7 Å². The third-order valence-corrected chi connectivity index (χ3v) is 5.32. The molecule has 1 fully saturated rings. The topological polar surface area (TPSA) is 65.5 Å². The van der Waals surface area contributed by atoms with Gasteiger partial charge in [0.25, 0.3) is 0 Å². The number of rotatable bonds is 5. The molecule has 7 heteroatoms. The molecule has 0 amide bonds. The second kappa shape index (κ2) is 6.62. The van der Waals surface area contributed by atoms with Gasteiger partial charge in [0, 0.05) is 26.7 Å². The van der Waals surface area contributed by atoms with Crippen molar-refractivity contribution in [2.75, 3.05) is 30.3 Å². The molecule has 1 atom stereocenters. The molecule has 0 aromatic carbocycles. The zero-order valence-corrected chi connectivity index (χ0v) is 13.7. The van der Waals surface area contributed by atoms with Gasteiger partial charge in [-0.15, -0.1) is 0 Å². The summed E-state index contributed by atoms with van der Waals surface area (Å²) in [6, 6.07) is 4.20. The second-order valence-corrected chi connectivity index (χ2v) is 7.43. The summed E-state index contributed by atoms with van der Waals surface area (Å²) >= 11 is 0. The van der Waals surface area contributed by atoms with Gasteiger partial charge >= 0.3 is 10.2 Å². The number of hydrogen-bond acceptors (Lipinski definition) is 4. The van der Waals surface area contributed by atoms with Crippen LogP contribution in [0.15, 0.2) is 18.3 Å². The van der Waals surface area contributed by atoms with Crippen LogP contribution in [0.5, 0.6) is 0 Å². The molecule has 1 aliphatic rings. The summed E-state index contributed by atoms with van der Waals surface area (Å²) in [6.45, 7) is 3.22. The molecular weight excluding hydrogens is 288 g/mol. The first-order chi connectivity index (χ1) is 9.94. The van der Waals surface area contributed by atoms with E-state index in [1.54, 1.807) is 12.3 Å². The van der Waals surface area contributed by atoms with Crippen LogP contribution in [0.25, 0.3) is 0 Å². The van der Waals surface area contributed by atoms with Crippen LogP contribution in [-0.4, -0.2) is 44.4 Å². The standard InChI is InChI=1S/C14H24N4O2S/c1-4-13-7-5-6-10-18(13)14-9-8-12(11-15-14)16-21(19,20)17(2)3/h8-9,11,13,16H,4-7,10H2,1-3H3. The molecule has 21 heavy (non-hydrogen) atoms. The number of anilines is 2. The van der Waals surface area contributed by atoms with E-state index in [0.717, 1.165) is 23.1 Å². The summed E-state index contributed by atoms with van der Waals surface area (Å²) in [5, 5.41) is 0. The van der Waals surface area contributed by atoms with Crippen molar-refractivity contribution in [1.29, 1.82) is 0 Å². The van der Waals surface area contributed by atoms with Gasteiger partial charge in [-0.3, -0.25) is 4.72 Å². The smallest absolute Gasteiger partial charge is 0.301 e. The van der Waals surface area contributed by atoms with E-state index in [9.17, 15) is 8.42 Å². The highest BCUT2D eigenvalue weighted by molar-refractivity contribution is 7.90. The lowest BCUT2D eigenvalue weighted by Crippen LogP contribution is -2.39. The molecule has 118 valence electrons. The minimum atomic E-state index is -3.47. The van der Waals surface area contributed by atoms with Crippen molar-refractivity contribution >= 4 is 21.7 Å². The van der Waals surface area contributed by atoms with Crippen LogP contribution in [0.1, 0.15) is 32.6 Å². The maximum atomic E-state index is 11.8. The zero-order valence-electron chi connectivity index (χ0n) is 12.9. The molecule has 1 aromatic heterocycles. The van der Waals surface area contributed by atoms with E-state index in [4.69, 9.17) is 0 Å². The van der Waals surface area contributed by atoms with Crippen LogP contribution in [0, 0.1) is 0 Å². The van der Waals surface area contributed by atoms with Gasteiger partial charge in [0.15, 0.2) is 0 Å². The predicted octanol–water partition coefficient (Wildman–Crippen LogP) is 2.07. The Morgan fingerprint density at radius 1 is 1.38 bits per heavy atom. The largest absolute Gasteiger partial charge is 0.354 e. The summed E-state index contributed by atoms with van der Waals surface area (Å²) < 4.78 is 27.2. The Morgan fingerprint density at radius 2 is 2.14 bits per heavy atom. The van der Waals surface area contributed by atoms with Crippen molar-refractivity contribution in [3.8, 4) is 0 Å². The molecule has 2 heterocycles. The molecule has 0 spiro atoms. The van der Waals surface area contributed by atoms with Gasteiger partial charge in [0.2, 0.25) is 0 Å². The molecule has 1 saturated heterocycles. The summed E-state index contributed by atoms with van der Waals surface area (Å²) in [6.07, 6.45) is 6.35. The van der Waals surface area contributed by atoms with Gasteiger partial charge in [-0.1, -0.05) is 6.92 Å². The molecule has 2 rings (SSSR count). The number of hydrogen-bond donors (Lipinski definition) is 1. The second-order valence-electron chi connectivity index (χ2n) is 5.55. The van der Waals surface area contributed by atoms with E-state index >= 15 is 0 Å². The lowest BCUT2D eigenvalue weighted by molar-refractivity contribution is 0.447. The number of pyridine rings is 1. The maximum absolute atomic E-state index is 11.8. The third kappa shape index (κ3) is 3.85. The summed E-state index contributed by atoms with van der Waals surface area (Å²) in [5.74, 6) is 0.925. The van der Waals surface area contributed by atoms with Gasteiger partial charge in [-0.05, 0) is 37.8 Å². The molecule has 1 unspecified atom stereocenters. The average molecular weight is 312 g/mol. The van der Waals surface area contributed by atoms with Crippen LogP contribution in [0.3, 0.4) is 0 Å². The lowest BCUT2D eigenvalue weighted by Gasteiger charge is -2.36. The fraction of sp³-hybridized carbons (Fsp3) is 0.643. The summed E-state index contributed by atoms with van der Waals surface area (Å²) in [5.41, 5.74) is 0.484. The van der Waals surface area contributed by atoms with E-state index in [2.05, 4.69) is 21.5 Å². The molecule has 1 aromatic rings. The van der Waals surface area contributed by atoms with E-state index in [1.165, 1.54) is 33.4 Å². The molecule has 0 aliphatic carbocycles. The molecule has 1 N–H and O–H groups in total. The highest BCUT2D eigenvalue weighted by Gasteiger charge is 2.22. The monoisotopic (exact) mass is 312 g/mol. The van der Waals surface area contributed by atoms with Crippen LogP contribution >= 0.6 is 0 Å². The molecule has 6 nitrogen and oxygen atoms in total. The Kier molecular flexibility index (Phi) is 5.05. The first-order valence-corrected chi connectivity index (χ1v) is 8.81. The Bertz CT molecular complexity index is 557. The molecular formula is C14H24N4O2S. The minimum Gasteiger partial charge on any atom is -0.354 e. The molecule has 0 saturated carbocycles. The Hall–Kier alpha value is -1.34. The molecule has 0 bridgehead atoms. The highest BCUT2D eigenvalue weighted by Crippen LogP contribution is 2.25. The Morgan fingerprint density at radius 3 is 2.71 bits per heavy atom. The van der Waals surface area contributed by atoms with Gasteiger partial charge in [0.1, 0.15) is 5.82 Å². The van der Waals surface area contributed by atoms with E-state index < -0.39 is 10.2 Å². The summed E-state index contributed by atoms with van der Waals surface area (Å²) in [4.78, 5) is 6.75. The first kappa shape index (κ1) is 16.0. The molecule has 0 radical (unpaired) electrons. The highest BCUT2D eigenvalue weighted by atomic mass is 32.2. The minimum absolute atomic E-state index is 0.484. The van der Waals surface area contributed by atoms with Crippen molar-refractivity contribution in [2.24, 2.45) is 0 Å². The lowest BCUT2D eigenvalue weighted by atomic mass is 10.00. The van der Waals surface area contributed by atoms with Crippen LogP contribution < -0.4 is 9.62 Å². The van der Waals surface area contributed by atoms with Gasteiger partial charge < -0.3 is 4.90 Å². The van der Waals surface area contributed by atoms with Crippen molar-refractivity contribution in [2.45, 2.75) is 38.6 Å². The number of piperidine rings is 1.